The molecule has 4 N–H and O–H groups in total. The van der Waals surface area contributed by atoms with E-state index in [0.29, 0.717) is 27.7 Å². The quantitative estimate of drug-likeness (QED) is 0.318. The highest BCUT2D eigenvalue weighted by atomic mass is 35.5. The van der Waals surface area contributed by atoms with Crippen LogP contribution in [-0.2, 0) is 4.84 Å². The van der Waals surface area contributed by atoms with Crippen LogP contribution in [0.5, 0.6) is 0 Å². The number of hydrogen-bond donors (Lipinski definition) is 3. The zero-order chi connectivity index (χ0) is 21.5. The first-order valence-corrected chi connectivity index (χ1v) is 9.16. The molecule has 0 aliphatic rings. The monoisotopic (exact) mass is 423 g/mol. The maximum atomic E-state index is 12.6. The fourth-order valence-electron chi connectivity index (χ4n) is 2.56. The predicted octanol–water partition coefficient (Wildman–Crippen LogP) is 3.51. The summed E-state index contributed by atoms with van der Waals surface area (Å²) in [5.41, 5.74) is 7.40. The van der Waals surface area contributed by atoms with Gasteiger partial charge < -0.3 is 21.2 Å². The van der Waals surface area contributed by atoms with Crippen molar-refractivity contribution in [1.29, 1.82) is 0 Å². The SMILES string of the molecule is CO/N=C(\N)c1ccc(C(=O)Nc2ccccc2C(=O)Nc2ccc(Cl)cn2)cc1. The van der Waals surface area contributed by atoms with Gasteiger partial charge in [0.1, 0.15) is 12.9 Å². The van der Waals surface area contributed by atoms with Gasteiger partial charge in [-0.25, -0.2) is 4.98 Å². The molecule has 9 heteroatoms. The van der Waals surface area contributed by atoms with Crippen LogP contribution >= 0.6 is 11.6 Å². The van der Waals surface area contributed by atoms with E-state index in [1.54, 1.807) is 60.7 Å². The van der Waals surface area contributed by atoms with Gasteiger partial charge in [-0.05, 0) is 36.4 Å². The van der Waals surface area contributed by atoms with E-state index in [1.165, 1.54) is 13.3 Å². The lowest BCUT2D eigenvalue weighted by atomic mass is 10.1. The molecule has 0 aliphatic carbocycles. The van der Waals surface area contributed by atoms with Crippen LogP contribution in [0.2, 0.25) is 5.02 Å². The lowest BCUT2D eigenvalue weighted by Gasteiger charge is -2.11. The van der Waals surface area contributed by atoms with Crippen molar-refractivity contribution in [3.05, 3.63) is 88.6 Å². The fourth-order valence-corrected chi connectivity index (χ4v) is 2.67. The zero-order valence-corrected chi connectivity index (χ0v) is 16.7. The first-order chi connectivity index (χ1) is 14.5. The van der Waals surface area contributed by atoms with Gasteiger partial charge in [0, 0.05) is 17.3 Å². The van der Waals surface area contributed by atoms with Crippen LogP contribution in [0.3, 0.4) is 0 Å². The first-order valence-electron chi connectivity index (χ1n) is 8.78. The van der Waals surface area contributed by atoms with E-state index < -0.39 is 5.91 Å². The van der Waals surface area contributed by atoms with Crippen LogP contribution < -0.4 is 16.4 Å². The number of rotatable bonds is 6. The number of nitrogens with one attached hydrogen (secondary N) is 2. The third-order valence-electron chi connectivity index (χ3n) is 4.02. The number of nitrogens with two attached hydrogens (primary N) is 1. The minimum atomic E-state index is -0.417. The van der Waals surface area contributed by atoms with E-state index in [1.807, 2.05) is 0 Å². The molecule has 0 fully saturated rings. The molecule has 152 valence electrons. The van der Waals surface area contributed by atoms with E-state index >= 15 is 0 Å². The van der Waals surface area contributed by atoms with Crippen LogP contribution in [0, 0.1) is 0 Å². The Morgan fingerprint density at radius 1 is 0.967 bits per heavy atom. The van der Waals surface area contributed by atoms with E-state index in [2.05, 4.69) is 25.6 Å². The molecule has 0 saturated carbocycles. The topological polar surface area (TPSA) is 119 Å². The number of amides is 2. The summed E-state index contributed by atoms with van der Waals surface area (Å²) in [6.45, 7) is 0. The summed E-state index contributed by atoms with van der Waals surface area (Å²) in [6.07, 6.45) is 1.43. The summed E-state index contributed by atoms with van der Waals surface area (Å²) in [6, 6.07) is 16.4. The number of halogens is 1. The summed E-state index contributed by atoms with van der Waals surface area (Å²) >= 11 is 5.81. The number of hydrogen-bond acceptors (Lipinski definition) is 5. The number of carbonyl (C=O) groups excluding carboxylic acids is 2. The fraction of sp³-hybridized carbons (Fsp3) is 0.0476. The van der Waals surface area contributed by atoms with Crippen molar-refractivity contribution in [2.24, 2.45) is 10.9 Å². The Labute approximate surface area is 177 Å². The van der Waals surface area contributed by atoms with Gasteiger partial charge in [0.25, 0.3) is 11.8 Å². The average molecular weight is 424 g/mol. The molecular weight excluding hydrogens is 406 g/mol. The van der Waals surface area contributed by atoms with Crippen molar-refractivity contribution in [2.75, 3.05) is 17.7 Å². The molecule has 3 rings (SSSR count). The van der Waals surface area contributed by atoms with Crippen molar-refractivity contribution < 1.29 is 14.4 Å². The highest BCUT2D eigenvalue weighted by Crippen LogP contribution is 2.19. The molecule has 2 amide bonds. The molecule has 0 radical (unpaired) electrons. The molecule has 0 atom stereocenters. The number of pyridine rings is 1. The molecule has 30 heavy (non-hydrogen) atoms. The predicted molar refractivity (Wildman–Crippen MR) is 116 cm³/mol. The molecule has 0 aliphatic heterocycles. The second kappa shape index (κ2) is 9.53. The third kappa shape index (κ3) is 5.12. The second-order valence-corrected chi connectivity index (χ2v) is 6.49. The number of benzene rings is 2. The number of oxime groups is 1. The summed E-state index contributed by atoms with van der Waals surface area (Å²) in [7, 11) is 1.39. The number of para-hydroxylation sites is 1. The Kier molecular flexibility index (Phi) is 6.61. The van der Waals surface area contributed by atoms with Crippen LogP contribution in [0.15, 0.2) is 72.0 Å². The minimum absolute atomic E-state index is 0.197. The van der Waals surface area contributed by atoms with Gasteiger partial charge in [-0.2, -0.15) is 0 Å². The van der Waals surface area contributed by atoms with Crippen LogP contribution in [0.1, 0.15) is 26.3 Å². The third-order valence-corrected chi connectivity index (χ3v) is 4.24. The number of amidine groups is 1. The Bertz CT molecular complexity index is 1080. The van der Waals surface area contributed by atoms with Crippen molar-refractivity contribution >= 4 is 40.8 Å². The smallest absolute Gasteiger partial charge is 0.258 e. The molecular formula is C21H18ClN5O3. The van der Waals surface area contributed by atoms with Crippen molar-refractivity contribution in [3.8, 4) is 0 Å². The summed E-state index contributed by atoms with van der Waals surface area (Å²) in [5, 5.41) is 9.53. The Hall–Kier alpha value is -3.91. The highest BCUT2D eigenvalue weighted by Gasteiger charge is 2.15. The zero-order valence-electron chi connectivity index (χ0n) is 15.9. The Balaban J connectivity index is 1.75. The van der Waals surface area contributed by atoms with Crippen LogP contribution in [0.4, 0.5) is 11.5 Å². The first kappa shape index (κ1) is 20.8. The Morgan fingerprint density at radius 2 is 1.67 bits per heavy atom. The maximum Gasteiger partial charge on any atom is 0.258 e. The summed E-state index contributed by atoms with van der Waals surface area (Å²) in [4.78, 5) is 34.0. The van der Waals surface area contributed by atoms with E-state index in [9.17, 15) is 9.59 Å². The van der Waals surface area contributed by atoms with Gasteiger partial charge in [0.05, 0.1) is 16.3 Å². The molecule has 0 unspecified atom stereocenters. The second-order valence-electron chi connectivity index (χ2n) is 6.05. The summed E-state index contributed by atoms with van der Waals surface area (Å²) in [5.74, 6) is -0.257. The summed E-state index contributed by atoms with van der Waals surface area (Å²) < 4.78 is 0. The van der Waals surface area contributed by atoms with Gasteiger partial charge in [-0.15, -0.1) is 0 Å². The molecule has 0 spiro atoms. The lowest BCUT2D eigenvalue weighted by Crippen LogP contribution is -2.19. The van der Waals surface area contributed by atoms with Crippen LogP contribution in [0.25, 0.3) is 0 Å². The normalized spacial score (nSPS) is 10.9. The highest BCUT2D eigenvalue weighted by molar-refractivity contribution is 6.30. The van der Waals surface area contributed by atoms with Gasteiger partial charge >= 0.3 is 0 Å². The standard InChI is InChI=1S/C21H18ClN5O3/c1-30-27-19(23)13-6-8-14(9-7-13)20(28)25-17-5-3-2-4-16(17)21(29)26-18-11-10-15(22)12-24-18/h2-12H,1H3,(H2,23,27)(H,25,28)(H,24,26,29). The van der Waals surface area contributed by atoms with E-state index in [-0.39, 0.29) is 17.3 Å². The van der Waals surface area contributed by atoms with Gasteiger partial charge in [-0.3, -0.25) is 9.59 Å². The number of anilines is 2. The number of carbonyl (C=O) groups is 2. The maximum absolute atomic E-state index is 12.6. The van der Waals surface area contributed by atoms with Gasteiger partial charge in [0.2, 0.25) is 0 Å². The van der Waals surface area contributed by atoms with Gasteiger partial charge in [-0.1, -0.05) is 41.0 Å². The molecule has 1 aromatic heterocycles. The minimum Gasteiger partial charge on any atom is -0.397 e. The lowest BCUT2D eigenvalue weighted by molar-refractivity contribution is 0.102. The van der Waals surface area contributed by atoms with Crippen molar-refractivity contribution in [1.82, 2.24) is 4.98 Å². The molecule has 2 aromatic carbocycles. The van der Waals surface area contributed by atoms with Crippen molar-refractivity contribution in [3.63, 3.8) is 0 Å². The molecule has 1 heterocycles. The molecule has 8 nitrogen and oxygen atoms in total. The molecule has 0 saturated heterocycles. The van der Waals surface area contributed by atoms with Gasteiger partial charge in [0.15, 0.2) is 5.84 Å². The molecule has 3 aromatic rings. The Morgan fingerprint density at radius 3 is 2.33 bits per heavy atom. The van der Waals surface area contributed by atoms with E-state index in [4.69, 9.17) is 17.3 Å². The van der Waals surface area contributed by atoms with Crippen molar-refractivity contribution in [2.45, 2.75) is 0 Å². The number of aromatic nitrogens is 1. The largest absolute Gasteiger partial charge is 0.397 e. The number of nitrogens with zero attached hydrogens (tertiary/aromatic N) is 2. The molecule has 0 bridgehead atoms. The average Bonchev–Trinajstić information content (AvgIpc) is 2.76. The van der Waals surface area contributed by atoms with E-state index in [0.717, 1.165) is 0 Å². The van der Waals surface area contributed by atoms with Crippen LogP contribution in [-0.4, -0.2) is 29.7 Å².